The molecule has 0 aliphatic carbocycles. The number of methoxy groups -OCH3 is 1. The van der Waals surface area contributed by atoms with Crippen LogP contribution in [-0.2, 0) is 9.53 Å². The fourth-order valence-corrected chi connectivity index (χ4v) is 1.80. The van der Waals surface area contributed by atoms with Gasteiger partial charge in [0.25, 0.3) is 0 Å². The highest BCUT2D eigenvalue weighted by Gasteiger charge is 2.12. The van der Waals surface area contributed by atoms with E-state index in [0.29, 0.717) is 4.88 Å². The van der Waals surface area contributed by atoms with Gasteiger partial charge in [-0.15, -0.1) is 11.3 Å². The van der Waals surface area contributed by atoms with Gasteiger partial charge in [0, 0.05) is 14.0 Å². The Hall–Kier alpha value is -1.36. The van der Waals surface area contributed by atoms with Gasteiger partial charge in [-0.1, -0.05) is 0 Å². The Morgan fingerprint density at radius 3 is 2.57 bits per heavy atom. The molecule has 0 aliphatic heterocycles. The fourth-order valence-electron chi connectivity index (χ4n) is 0.873. The van der Waals surface area contributed by atoms with E-state index in [2.05, 4.69) is 4.74 Å². The molecule has 1 aromatic heterocycles. The van der Waals surface area contributed by atoms with Crippen LogP contribution in [0.2, 0.25) is 0 Å². The molecule has 14 heavy (non-hydrogen) atoms. The Labute approximate surface area is 86.1 Å². The molecule has 0 aliphatic rings. The molecule has 5 heteroatoms. The maximum Gasteiger partial charge on any atom is 0.348 e. The number of esters is 1. The highest BCUT2D eigenvalue weighted by Crippen LogP contribution is 2.25. The normalized spacial score (nSPS) is 9.64. The molecule has 0 bridgehead atoms. The van der Waals surface area contributed by atoms with Crippen molar-refractivity contribution in [2.45, 2.75) is 6.92 Å². The zero-order valence-corrected chi connectivity index (χ0v) is 9.05. The van der Waals surface area contributed by atoms with Crippen LogP contribution in [0.5, 0.6) is 0 Å². The average Bonchev–Trinajstić information content (AvgIpc) is 2.64. The van der Waals surface area contributed by atoms with Crippen molar-refractivity contribution in [2.24, 2.45) is 0 Å². The minimum atomic E-state index is -0.377. The first kappa shape index (κ1) is 10.7. The van der Waals surface area contributed by atoms with Gasteiger partial charge in [-0.3, -0.25) is 4.79 Å². The van der Waals surface area contributed by atoms with E-state index < -0.39 is 0 Å². The molecule has 0 fully saturated rings. The zero-order chi connectivity index (χ0) is 10.7. The van der Waals surface area contributed by atoms with E-state index >= 15 is 0 Å². The standard InChI is InChI=1S/C9H11NO3S/c1-6(11)10(2)8-5-4-7(14-8)9(12)13-3/h4-5H,1-3H3. The van der Waals surface area contributed by atoms with E-state index in [1.807, 2.05) is 0 Å². The molecule has 1 aromatic rings. The number of thiophene rings is 1. The topological polar surface area (TPSA) is 46.6 Å². The third kappa shape index (κ3) is 2.11. The number of hydrogen-bond donors (Lipinski definition) is 0. The molecular weight excluding hydrogens is 202 g/mol. The number of anilines is 1. The maximum atomic E-state index is 11.1. The summed E-state index contributed by atoms with van der Waals surface area (Å²) in [6, 6.07) is 3.36. The largest absolute Gasteiger partial charge is 0.465 e. The summed E-state index contributed by atoms with van der Waals surface area (Å²) in [5, 5.41) is 0.734. The molecule has 4 nitrogen and oxygen atoms in total. The highest BCUT2D eigenvalue weighted by molar-refractivity contribution is 7.18. The molecule has 0 radical (unpaired) electrons. The van der Waals surface area contributed by atoms with Gasteiger partial charge in [-0.2, -0.15) is 0 Å². The van der Waals surface area contributed by atoms with Crippen molar-refractivity contribution in [3.8, 4) is 0 Å². The molecular formula is C9H11NO3S. The summed E-state index contributed by atoms with van der Waals surface area (Å²) in [6.07, 6.45) is 0. The van der Waals surface area contributed by atoms with Gasteiger partial charge >= 0.3 is 5.97 Å². The van der Waals surface area contributed by atoms with Gasteiger partial charge in [0.05, 0.1) is 12.1 Å². The van der Waals surface area contributed by atoms with E-state index in [-0.39, 0.29) is 11.9 Å². The van der Waals surface area contributed by atoms with Gasteiger partial charge in [-0.05, 0) is 12.1 Å². The number of amides is 1. The number of carbonyl (C=O) groups is 2. The van der Waals surface area contributed by atoms with Crippen molar-refractivity contribution in [3.63, 3.8) is 0 Å². The smallest absolute Gasteiger partial charge is 0.348 e. The molecule has 0 aromatic carbocycles. The van der Waals surface area contributed by atoms with Crippen molar-refractivity contribution in [1.29, 1.82) is 0 Å². The zero-order valence-electron chi connectivity index (χ0n) is 8.23. The third-order valence-corrected chi connectivity index (χ3v) is 2.92. The van der Waals surface area contributed by atoms with E-state index in [1.165, 1.54) is 30.3 Å². The van der Waals surface area contributed by atoms with Gasteiger partial charge in [-0.25, -0.2) is 4.79 Å². The first-order chi connectivity index (χ1) is 6.56. The molecule has 0 spiro atoms. The van der Waals surface area contributed by atoms with Crippen LogP contribution < -0.4 is 4.90 Å². The summed E-state index contributed by atoms with van der Waals surface area (Å²) in [5.41, 5.74) is 0. The van der Waals surface area contributed by atoms with Crippen LogP contribution in [0.4, 0.5) is 5.00 Å². The van der Waals surface area contributed by atoms with Crippen molar-refractivity contribution in [3.05, 3.63) is 17.0 Å². The second kappa shape index (κ2) is 4.23. The van der Waals surface area contributed by atoms with Crippen molar-refractivity contribution in [1.82, 2.24) is 0 Å². The molecule has 1 amide bonds. The summed E-state index contributed by atoms with van der Waals surface area (Å²) >= 11 is 1.23. The maximum absolute atomic E-state index is 11.1. The van der Waals surface area contributed by atoms with Gasteiger partial charge < -0.3 is 9.64 Å². The van der Waals surface area contributed by atoms with Crippen LogP contribution in [0, 0.1) is 0 Å². The monoisotopic (exact) mass is 213 g/mol. The summed E-state index contributed by atoms with van der Waals surface area (Å²) in [6.45, 7) is 1.47. The van der Waals surface area contributed by atoms with E-state index in [0.717, 1.165) is 5.00 Å². The molecule has 1 rings (SSSR count). The lowest BCUT2D eigenvalue weighted by Crippen LogP contribution is -2.21. The van der Waals surface area contributed by atoms with Crippen LogP contribution >= 0.6 is 11.3 Å². The minimum absolute atomic E-state index is 0.0664. The quantitative estimate of drug-likeness (QED) is 0.700. The third-order valence-electron chi connectivity index (χ3n) is 1.78. The van der Waals surface area contributed by atoms with Gasteiger partial charge in [0.1, 0.15) is 4.88 Å². The molecule has 0 unspecified atom stereocenters. The number of hydrogen-bond acceptors (Lipinski definition) is 4. The van der Waals surface area contributed by atoms with Crippen LogP contribution in [0.1, 0.15) is 16.6 Å². The molecule has 0 N–H and O–H groups in total. The van der Waals surface area contributed by atoms with Crippen LogP contribution in [-0.4, -0.2) is 26.0 Å². The highest BCUT2D eigenvalue weighted by atomic mass is 32.1. The number of rotatable bonds is 2. The van der Waals surface area contributed by atoms with Crippen molar-refractivity contribution >= 4 is 28.2 Å². The fraction of sp³-hybridized carbons (Fsp3) is 0.333. The Kier molecular flexibility index (Phi) is 3.24. The number of ether oxygens (including phenoxy) is 1. The Balaban J connectivity index is 2.88. The summed E-state index contributed by atoms with van der Waals surface area (Å²) in [5.74, 6) is -0.443. The Morgan fingerprint density at radius 1 is 1.43 bits per heavy atom. The van der Waals surface area contributed by atoms with E-state index in [1.54, 1.807) is 19.2 Å². The lowest BCUT2D eigenvalue weighted by atomic mass is 10.4. The first-order valence-electron chi connectivity index (χ1n) is 3.98. The van der Waals surface area contributed by atoms with Crippen LogP contribution in [0.15, 0.2) is 12.1 Å². The lowest BCUT2D eigenvalue weighted by Gasteiger charge is -2.10. The first-order valence-corrected chi connectivity index (χ1v) is 4.80. The second-order valence-corrected chi connectivity index (χ2v) is 3.77. The molecule has 1 heterocycles. The van der Waals surface area contributed by atoms with Gasteiger partial charge in [0.15, 0.2) is 0 Å². The van der Waals surface area contributed by atoms with Crippen molar-refractivity contribution in [2.75, 3.05) is 19.1 Å². The molecule has 0 saturated carbocycles. The van der Waals surface area contributed by atoms with E-state index in [9.17, 15) is 9.59 Å². The Morgan fingerprint density at radius 2 is 2.07 bits per heavy atom. The predicted molar refractivity (Wildman–Crippen MR) is 54.7 cm³/mol. The minimum Gasteiger partial charge on any atom is -0.465 e. The molecule has 0 atom stereocenters. The second-order valence-electron chi connectivity index (χ2n) is 2.71. The van der Waals surface area contributed by atoms with Crippen LogP contribution in [0.3, 0.4) is 0 Å². The summed E-state index contributed by atoms with van der Waals surface area (Å²) in [7, 11) is 2.99. The lowest BCUT2D eigenvalue weighted by molar-refractivity contribution is -0.116. The summed E-state index contributed by atoms with van der Waals surface area (Å²) in [4.78, 5) is 24.1. The van der Waals surface area contributed by atoms with Gasteiger partial charge in [0.2, 0.25) is 5.91 Å². The SMILES string of the molecule is COC(=O)c1ccc(N(C)C(C)=O)s1. The Bertz CT molecular complexity index is 359. The number of carbonyl (C=O) groups excluding carboxylic acids is 2. The average molecular weight is 213 g/mol. The van der Waals surface area contributed by atoms with Crippen LogP contribution in [0.25, 0.3) is 0 Å². The summed E-state index contributed by atoms with van der Waals surface area (Å²) < 4.78 is 4.56. The number of nitrogens with zero attached hydrogens (tertiary/aromatic N) is 1. The predicted octanol–water partition coefficient (Wildman–Crippen LogP) is 1.52. The molecule has 0 saturated heterocycles. The van der Waals surface area contributed by atoms with E-state index in [4.69, 9.17) is 0 Å². The molecule has 76 valence electrons. The van der Waals surface area contributed by atoms with Crippen molar-refractivity contribution < 1.29 is 14.3 Å².